The highest BCUT2D eigenvalue weighted by molar-refractivity contribution is 5.75. The van der Waals surface area contributed by atoms with Gasteiger partial charge in [-0.3, -0.25) is 9.69 Å². The van der Waals surface area contributed by atoms with Crippen molar-refractivity contribution in [1.29, 1.82) is 0 Å². The fourth-order valence-corrected chi connectivity index (χ4v) is 7.89. The largest absolute Gasteiger partial charge is 0.460 e. The van der Waals surface area contributed by atoms with Crippen LogP contribution in [0.25, 0.3) is 0 Å². The molecule has 0 amide bonds. The first-order chi connectivity index (χ1) is 18.8. The molecule has 2 aromatic rings. The lowest BCUT2D eigenvalue weighted by atomic mass is 9.67. The van der Waals surface area contributed by atoms with Crippen LogP contribution in [0.15, 0.2) is 60.7 Å². The van der Waals surface area contributed by atoms with Crippen molar-refractivity contribution in [3.8, 4) is 0 Å². The predicted molar refractivity (Wildman–Crippen MR) is 161 cm³/mol. The van der Waals surface area contributed by atoms with Crippen LogP contribution in [0.2, 0.25) is 0 Å². The van der Waals surface area contributed by atoms with Crippen LogP contribution in [0.1, 0.15) is 85.0 Å². The van der Waals surface area contributed by atoms with E-state index in [9.17, 15) is 9.90 Å². The Hall–Kier alpha value is -2.21. The number of methoxy groups -OCH3 is 1. The minimum atomic E-state index is -0.995. The third kappa shape index (κ3) is 6.03. The lowest BCUT2D eigenvalue weighted by Crippen LogP contribution is -2.56. The van der Waals surface area contributed by atoms with Gasteiger partial charge < -0.3 is 14.6 Å². The maximum atomic E-state index is 14.1. The number of esters is 1. The third-order valence-corrected chi connectivity index (χ3v) is 9.99. The van der Waals surface area contributed by atoms with Gasteiger partial charge in [-0.2, -0.15) is 0 Å². The van der Waals surface area contributed by atoms with Crippen LogP contribution >= 0.6 is 0 Å². The molecule has 0 spiro atoms. The normalized spacial score (nSPS) is 26.2. The zero-order valence-electron chi connectivity index (χ0n) is 25.9. The molecule has 0 heterocycles. The molecule has 1 N–H and O–H groups in total. The predicted octanol–water partition coefficient (Wildman–Crippen LogP) is 7.05. The van der Waals surface area contributed by atoms with Gasteiger partial charge in [0.1, 0.15) is 11.5 Å². The van der Waals surface area contributed by atoms with Crippen LogP contribution in [0, 0.1) is 28.6 Å². The van der Waals surface area contributed by atoms with Crippen molar-refractivity contribution >= 4 is 5.97 Å². The summed E-state index contributed by atoms with van der Waals surface area (Å²) in [5.74, 6) is -0.398. The molecule has 40 heavy (non-hydrogen) atoms. The molecule has 4 rings (SSSR count). The number of aliphatic hydroxyl groups excluding tert-OH is 1. The van der Waals surface area contributed by atoms with Gasteiger partial charge in [-0.1, -0.05) is 88.4 Å². The monoisotopic (exact) mass is 549 g/mol. The molecule has 2 saturated carbocycles. The van der Waals surface area contributed by atoms with Crippen LogP contribution in [-0.2, 0) is 20.8 Å². The zero-order valence-corrected chi connectivity index (χ0v) is 25.9. The van der Waals surface area contributed by atoms with Gasteiger partial charge in [-0.15, -0.1) is 0 Å². The van der Waals surface area contributed by atoms with E-state index in [0.29, 0.717) is 12.5 Å². The van der Waals surface area contributed by atoms with Crippen molar-refractivity contribution < 1.29 is 19.4 Å². The molecular weight excluding hydrogens is 498 g/mol. The number of ether oxygens (including phenoxy) is 2. The first kappa shape index (κ1) is 30.7. The number of hydrogen-bond acceptors (Lipinski definition) is 5. The van der Waals surface area contributed by atoms with Crippen molar-refractivity contribution in [3.63, 3.8) is 0 Å². The van der Waals surface area contributed by atoms with E-state index >= 15 is 0 Å². The molecule has 0 aliphatic heterocycles. The van der Waals surface area contributed by atoms with Crippen LogP contribution < -0.4 is 0 Å². The van der Waals surface area contributed by atoms with Gasteiger partial charge in [0.05, 0.1) is 12.2 Å². The van der Waals surface area contributed by atoms with E-state index in [4.69, 9.17) is 9.47 Å². The van der Waals surface area contributed by atoms with Crippen LogP contribution in [-0.4, -0.2) is 47.4 Å². The first-order valence-electron chi connectivity index (χ1n) is 15.1. The van der Waals surface area contributed by atoms with Crippen molar-refractivity contribution in [2.75, 3.05) is 13.7 Å². The van der Waals surface area contributed by atoms with Gasteiger partial charge in [0.25, 0.3) is 0 Å². The molecule has 5 heteroatoms. The maximum Gasteiger partial charge on any atom is 0.314 e. The molecule has 2 aliphatic rings. The van der Waals surface area contributed by atoms with Gasteiger partial charge >= 0.3 is 5.97 Å². The molecule has 0 aromatic heterocycles. The summed E-state index contributed by atoms with van der Waals surface area (Å²) in [6.45, 7) is 16.3. The number of carbonyl (C=O) groups excluding carboxylic acids is 1. The number of rotatable bonds is 11. The van der Waals surface area contributed by atoms with Gasteiger partial charge in [-0.05, 0) is 68.4 Å². The Kier molecular flexibility index (Phi) is 9.19. The van der Waals surface area contributed by atoms with E-state index in [1.54, 1.807) is 0 Å². The van der Waals surface area contributed by atoms with E-state index in [-0.39, 0.29) is 34.9 Å². The molecule has 5 nitrogen and oxygen atoms in total. The fourth-order valence-electron chi connectivity index (χ4n) is 7.89. The Labute approximate surface area is 242 Å². The van der Waals surface area contributed by atoms with E-state index in [0.717, 1.165) is 24.9 Å². The van der Waals surface area contributed by atoms with Crippen molar-refractivity contribution in [2.45, 2.75) is 98.1 Å². The molecule has 220 valence electrons. The number of hydrogen-bond donors (Lipinski definition) is 1. The first-order valence-corrected chi connectivity index (χ1v) is 15.1. The molecule has 6 atom stereocenters. The molecule has 0 saturated heterocycles. The van der Waals surface area contributed by atoms with Crippen molar-refractivity contribution in [3.05, 3.63) is 71.8 Å². The van der Waals surface area contributed by atoms with Gasteiger partial charge in [0.2, 0.25) is 0 Å². The van der Waals surface area contributed by atoms with Gasteiger partial charge in [-0.25, -0.2) is 0 Å². The summed E-state index contributed by atoms with van der Waals surface area (Å²) in [7, 11) is 1.85. The molecular formula is C35H51NO4. The van der Waals surface area contributed by atoms with Gasteiger partial charge in [0, 0.05) is 31.7 Å². The summed E-state index contributed by atoms with van der Waals surface area (Å²) < 4.78 is 12.2. The molecule has 2 aliphatic carbocycles. The number of nitrogens with zero attached hydrogens (tertiary/aromatic N) is 1. The molecule has 2 fully saturated rings. The second-order valence-corrected chi connectivity index (χ2v) is 14.1. The van der Waals surface area contributed by atoms with E-state index in [1.807, 2.05) is 64.3 Å². The Morgan fingerprint density at radius 2 is 1.65 bits per heavy atom. The second-order valence-electron chi connectivity index (χ2n) is 14.1. The summed E-state index contributed by atoms with van der Waals surface area (Å²) in [6.07, 6.45) is 2.58. The number of fused-ring (bicyclic) bond motifs is 2. The highest BCUT2D eigenvalue weighted by Gasteiger charge is 2.65. The minimum Gasteiger partial charge on any atom is -0.460 e. The highest BCUT2D eigenvalue weighted by atomic mass is 16.6. The van der Waals surface area contributed by atoms with E-state index in [1.165, 1.54) is 12.0 Å². The Balaban J connectivity index is 1.82. The Bertz CT molecular complexity index is 1110. The maximum absolute atomic E-state index is 14.1. The van der Waals surface area contributed by atoms with Crippen molar-refractivity contribution in [2.24, 2.45) is 28.6 Å². The second kappa shape index (κ2) is 12.0. The van der Waals surface area contributed by atoms with Crippen LogP contribution in [0.5, 0.6) is 0 Å². The number of aliphatic hydroxyl groups is 1. The molecule has 3 unspecified atom stereocenters. The zero-order chi connectivity index (χ0) is 29.3. The Morgan fingerprint density at radius 3 is 2.17 bits per heavy atom. The smallest absolute Gasteiger partial charge is 0.314 e. The average molecular weight is 550 g/mol. The number of benzene rings is 2. The standard InChI is InChI=1S/C35H51NO4/c1-24(2)30(29(32(38)40-33(3,4)5)31(37)26-17-13-10-14-18-26)36(22-25-15-11-9-12-16-25)23-35-20-19-27(34(35,6)7)21-28(35)39-8/h9-18,24,27-31,37H,19-23H2,1-8H3/t27-,28-,29?,30?,31?,35-/m1/s1. The lowest BCUT2D eigenvalue weighted by molar-refractivity contribution is -0.171. The fraction of sp³-hybridized carbons (Fsp3) is 0.629. The van der Waals surface area contributed by atoms with Crippen molar-refractivity contribution in [1.82, 2.24) is 4.90 Å². The summed E-state index contributed by atoms with van der Waals surface area (Å²) in [5.41, 5.74) is 1.34. The van der Waals surface area contributed by atoms with E-state index < -0.39 is 17.6 Å². The van der Waals surface area contributed by atoms with Crippen LogP contribution in [0.3, 0.4) is 0 Å². The number of carbonyl (C=O) groups is 1. The summed E-state index contributed by atoms with van der Waals surface area (Å²) in [4.78, 5) is 16.6. The molecule has 2 bridgehead atoms. The van der Waals surface area contributed by atoms with E-state index in [2.05, 4.69) is 56.9 Å². The molecule has 2 aromatic carbocycles. The topological polar surface area (TPSA) is 59.0 Å². The highest BCUT2D eigenvalue weighted by Crippen LogP contribution is 2.67. The average Bonchev–Trinajstić information content (AvgIpc) is 3.26. The summed E-state index contributed by atoms with van der Waals surface area (Å²) in [6, 6.07) is 19.8. The lowest BCUT2D eigenvalue weighted by Gasteiger charge is -2.49. The Morgan fingerprint density at radius 1 is 1.05 bits per heavy atom. The molecule has 0 radical (unpaired) electrons. The summed E-state index contributed by atoms with van der Waals surface area (Å²) >= 11 is 0. The van der Waals surface area contributed by atoms with Crippen LogP contribution in [0.4, 0.5) is 0 Å². The summed E-state index contributed by atoms with van der Waals surface area (Å²) in [5, 5.41) is 11.9. The minimum absolute atomic E-state index is 0.0372. The SMILES string of the molecule is CO[C@@H]1C[C@H]2CC[C@]1(CN(Cc1ccccc1)C(C(C)C)C(C(=O)OC(C)(C)C)C(O)c1ccccc1)C2(C)C. The quantitative estimate of drug-likeness (QED) is 0.305. The van der Waals surface area contributed by atoms with Gasteiger partial charge in [0.15, 0.2) is 0 Å². The third-order valence-electron chi connectivity index (χ3n) is 9.99.